The summed E-state index contributed by atoms with van der Waals surface area (Å²) in [5.41, 5.74) is -0.0409. The summed E-state index contributed by atoms with van der Waals surface area (Å²) in [5.74, 6) is -0.827. The lowest BCUT2D eigenvalue weighted by Crippen LogP contribution is -2.42. The topological polar surface area (TPSA) is 101 Å². The Bertz CT molecular complexity index is 542. The van der Waals surface area contributed by atoms with E-state index in [1.54, 1.807) is 0 Å². The third kappa shape index (κ3) is 3.36. The van der Waals surface area contributed by atoms with Gasteiger partial charge in [-0.05, 0) is 31.6 Å². The molecule has 7 nitrogen and oxygen atoms in total. The minimum atomic E-state index is -1.16. The van der Waals surface area contributed by atoms with Crippen molar-refractivity contribution in [2.24, 2.45) is 5.92 Å². The second-order valence-electron chi connectivity index (χ2n) is 5.53. The zero-order valence-electron chi connectivity index (χ0n) is 11.5. The lowest BCUT2D eigenvalue weighted by atomic mass is 10.00. The monoisotopic (exact) mass is 291 g/mol. The zero-order valence-corrected chi connectivity index (χ0v) is 11.5. The Labute approximate surface area is 121 Å². The highest BCUT2D eigenvalue weighted by Gasteiger charge is 2.36. The van der Waals surface area contributed by atoms with Gasteiger partial charge in [0, 0.05) is 12.6 Å². The van der Waals surface area contributed by atoms with E-state index in [-0.39, 0.29) is 29.4 Å². The third-order valence-electron chi connectivity index (χ3n) is 3.90. The number of amides is 1. The number of nitrogens with zero attached hydrogens (tertiary/aromatic N) is 2. The van der Waals surface area contributed by atoms with Crippen molar-refractivity contribution in [2.75, 3.05) is 6.61 Å². The van der Waals surface area contributed by atoms with Crippen LogP contribution in [0.3, 0.4) is 0 Å². The molecule has 0 aromatic carbocycles. The highest BCUT2D eigenvalue weighted by Crippen LogP contribution is 2.38. The van der Waals surface area contributed by atoms with Gasteiger partial charge in [0.05, 0.1) is 18.5 Å². The number of carbonyl (C=O) groups is 2. The van der Waals surface area contributed by atoms with Crippen LogP contribution >= 0.6 is 0 Å². The minimum Gasteiger partial charge on any atom is -0.476 e. The number of hydrogen-bond acceptors (Lipinski definition) is 5. The van der Waals surface area contributed by atoms with Crippen LogP contribution in [0.2, 0.25) is 0 Å². The van der Waals surface area contributed by atoms with E-state index in [0.29, 0.717) is 12.5 Å². The number of carbonyl (C=O) groups excluding carboxylic acids is 1. The molecule has 3 rings (SSSR count). The van der Waals surface area contributed by atoms with Crippen molar-refractivity contribution in [1.82, 2.24) is 15.3 Å². The van der Waals surface area contributed by atoms with E-state index in [9.17, 15) is 9.59 Å². The summed E-state index contributed by atoms with van der Waals surface area (Å²) < 4.78 is 5.72. The molecule has 1 saturated heterocycles. The molecule has 1 aromatic rings. The number of carboxylic acids is 1. The number of nitrogens with one attached hydrogen (secondary N) is 1. The van der Waals surface area contributed by atoms with Crippen LogP contribution in [0.4, 0.5) is 0 Å². The molecule has 1 amide bonds. The number of aromatic nitrogens is 2. The maximum Gasteiger partial charge on any atom is 0.356 e. The van der Waals surface area contributed by atoms with E-state index >= 15 is 0 Å². The summed E-state index contributed by atoms with van der Waals surface area (Å²) >= 11 is 0. The van der Waals surface area contributed by atoms with E-state index < -0.39 is 5.97 Å². The SMILES string of the molecule is O=C(O)c1cnc(C(=O)NC2CCOC(C3CC3)C2)cn1. The first-order valence-electron chi connectivity index (χ1n) is 7.11. The maximum absolute atomic E-state index is 12.1. The molecule has 0 radical (unpaired) electrons. The molecule has 1 aromatic heterocycles. The van der Waals surface area contributed by atoms with Crippen LogP contribution in [-0.4, -0.2) is 45.7 Å². The molecule has 1 aliphatic heterocycles. The molecule has 1 saturated carbocycles. The second kappa shape index (κ2) is 5.77. The average Bonchev–Trinajstić information content (AvgIpc) is 3.32. The van der Waals surface area contributed by atoms with Gasteiger partial charge in [-0.3, -0.25) is 4.79 Å². The van der Waals surface area contributed by atoms with Crippen molar-refractivity contribution in [3.05, 3.63) is 23.8 Å². The fourth-order valence-electron chi connectivity index (χ4n) is 2.57. The van der Waals surface area contributed by atoms with Crippen molar-refractivity contribution in [3.63, 3.8) is 0 Å². The van der Waals surface area contributed by atoms with Gasteiger partial charge in [0.25, 0.3) is 5.91 Å². The summed E-state index contributed by atoms with van der Waals surface area (Å²) in [4.78, 5) is 30.3. The lowest BCUT2D eigenvalue weighted by Gasteiger charge is -2.30. The van der Waals surface area contributed by atoms with Crippen molar-refractivity contribution >= 4 is 11.9 Å². The van der Waals surface area contributed by atoms with Gasteiger partial charge in [0.2, 0.25) is 0 Å². The van der Waals surface area contributed by atoms with E-state index in [0.717, 1.165) is 19.0 Å². The van der Waals surface area contributed by atoms with Gasteiger partial charge in [0.1, 0.15) is 5.69 Å². The highest BCUT2D eigenvalue weighted by atomic mass is 16.5. The maximum atomic E-state index is 12.1. The Hall–Kier alpha value is -2.02. The number of carboxylic acid groups (broad SMARTS) is 1. The molecule has 2 fully saturated rings. The van der Waals surface area contributed by atoms with Gasteiger partial charge in [-0.25, -0.2) is 14.8 Å². The largest absolute Gasteiger partial charge is 0.476 e. The molecule has 0 bridgehead atoms. The Kier molecular flexibility index (Phi) is 3.83. The van der Waals surface area contributed by atoms with E-state index in [1.807, 2.05) is 0 Å². The Morgan fingerprint density at radius 2 is 1.90 bits per heavy atom. The molecule has 2 unspecified atom stereocenters. The lowest BCUT2D eigenvalue weighted by molar-refractivity contribution is -0.0102. The van der Waals surface area contributed by atoms with Gasteiger partial charge < -0.3 is 15.2 Å². The molecule has 0 spiro atoms. The van der Waals surface area contributed by atoms with Crippen molar-refractivity contribution in [3.8, 4) is 0 Å². The third-order valence-corrected chi connectivity index (χ3v) is 3.90. The summed E-state index contributed by atoms with van der Waals surface area (Å²) in [5, 5.41) is 11.7. The van der Waals surface area contributed by atoms with Crippen LogP contribution < -0.4 is 5.32 Å². The van der Waals surface area contributed by atoms with Gasteiger partial charge in [-0.2, -0.15) is 0 Å². The number of aromatic carboxylic acids is 1. The van der Waals surface area contributed by atoms with Crippen LogP contribution in [0, 0.1) is 5.92 Å². The quantitative estimate of drug-likeness (QED) is 0.853. The van der Waals surface area contributed by atoms with E-state index in [2.05, 4.69) is 15.3 Å². The molecule has 2 atom stereocenters. The average molecular weight is 291 g/mol. The first-order chi connectivity index (χ1) is 10.1. The summed E-state index contributed by atoms with van der Waals surface area (Å²) in [6.07, 6.45) is 6.59. The van der Waals surface area contributed by atoms with Crippen LogP contribution in [0.25, 0.3) is 0 Å². The smallest absolute Gasteiger partial charge is 0.356 e. The molecule has 112 valence electrons. The van der Waals surface area contributed by atoms with Crippen molar-refractivity contribution in [2.45, 2.75) is 37.8 Å². The van der Waals surface area contributed by atoms with Crippen LogP contribution in [0.5, 0.6) is 0 Å². The standard InChI is InChI=1S/C14H17N3O4/c18-13(10-6-16-11(7-15-10)14(19)20)17-9-3-4-21-12(5-9)8-1-2-8/h6-9,12H,1-5H2,(H,17,18)(H,19,20). The van der Waals surface area contributed by atoms with Crippen molar-refractivity contribution < 1.29 is 19.4 Å². The molecule has 2 N–H and O–H groups in total. The summed E-state index contributed by atoms with van der Waals surface area (Å²) in [6.45, 7) is 0.662. The number of ether oxygens (including phenoxy) is 1. The Morgan fingerprint density at radius 3 is 2.52 bits per heavy atom. The van der Waals surface area contributed by atoms with Gasteiger partial charge in [-0.1, -0.05) is 0 Å². The van der Waals surface area contributed by atoms with Gasteiger partial charge >= 0.3 is 5.97 Å². The molecule has 21 heavy (non-hydrogen) atoms. The fourth-order valence-corrected chi connectivity index (χ4v) is 2.57. The van der Waals surface area contributed by atoms with Gasteiger partial charge in [0.15, 0.2) is 5.69 Å². The molecular formula is C14H17N3O4. The zero-order chi connectivity index (χ0) is 14.8. The Balaban J connectivity index is 1.58. The van der Waals surface area contributed by atoms with Crippen LogP contribution in [0.1, 0.15) is 46.7 Å². The Morgan fingerprint density at radius 1 is 1.19 bits per heavy atom. The predicted octanol–water partition coefficient (Wildman–Crippen LogP) is 0.862. The second-order valence-corrected chi connectivity index (χ2v) is 5.53. The molecule has 2 aliphatic rings. The summed E-state index contributed by atoms with van der Waals surface area (Å²) in [7, 11) is 0. The van der Waals surface area contributed by atoms with E-state index in [4.69, 9.17) is 9.84 Å². The first-order valence-corrected chi connectivity index (χ1v) is 7.11. The van der Waals surface area contributed by atoms with Crippen LogP contribution in [-0.2, 0) is 4.74 Å². The highest BCUT2D eigenvalue weighted by molar-refractivity contribution is 5.92. The number of hydrogen-bond donors (Lipinski definition) is 2. The molecule has 1 aliphatic carbocycles. The number of rotatable bonds is 4. The van der Waals surface area contributed by atoms with E-state index in [1.165, 1.54) is 19.0 Å². The summed E-state index contributed by atoms with van der Waals surface area (Å²) in [6, 6.07) is 0.0813. The normalized spacial score (nSPS) is 25.3. The molecule has 2 heterocycles. The fraction of sp³-hybridized carbons (Fsp3) is 0.571. The van der Waals surface area contributed by atoms with Crippen LogP contribution in [0.15, 0.2) is 12.4 Å². The van der Waals surface area contributed by atoms with Crippen molar-refractivity contribution in [1.29, 1.82) is 0 Å². The molecular weight excluding hydrogens is 274 g/mol. The first kappa shape index (κ1) is 13.9. The molecule has 7 heteroatoms. The predicted molar refractivity (Wildman–Crippen MR) is 71.9 cm³/mol. The van der Waals surface area contributed by atoms with Gasteiger partial charge in [-0.15, -0.1) is 0 Å². The minimum absolute atomic E-state index is 0.0813.